The molecule has 8 rings (SSSR count). The molecule has 2 N–H and O–H groups in total. The van der Waals surface area contributed by atoms with Crippen molar-refractivity contribution in [2.24, 2.45) is 56.7 Å². The first-order valence-electron chi connectivity index (χ1n) is 18.9. The maximum Gasteiger partial charge on any atom is 0.303 e. The van der Waals surface area contributed by atoms with Gasteiger partial charge < -0.3 is 29.3 Å². The van der Waals surface area contributed by atoms with E-state index in [1.807, 2.05) is 4.90 Å². The van der Waals surface area contributed by atoms with Crippen molar-refractivity contribution in [1.82, 2.24) is 4.90 Å². The smallest absolute Gasteiger partial charge is 0.303 e. The summed E-state index contributed by atoms with van der Waals surface area (Å²) in [7, 11) is 0. The lowest BCUT2D eigenvalue weighted by Crippen LogP contribution is -2.60. The number of carboxylic acids is 1. The minimum atomic E-state index is -0.772. The number of ether oxygens (including phenoxy) is 3. The number of rotatable bonds is 7. The standard InChI is InChI=1S/C38H59NO7/c1-22-18-24(8-11-29(41)42)45-32-31(22)35(4)14-15-38-21-37(38)13-12-27(34(2,3)25(37)9-10-26(38)36(35,5)33(32)43)46-30-20-39(16-17-44-30)28(40)19-23-6-7-23/h22-27,30-33,43H,6-21H2,1-5H3,(H,41,42)/t22-,24?,25+,26?,27+,30+,31+,32?,33+,35-,36-,37-,38+/m1/s1. The predicted octanol–water partition coefficient (Wildman–Crippen LogP) is 6.03. The number of hydrogen-bond acceptors (Lipinski definition) is 6. The Kier molecular flexibility index (Phi) is 7.40. The molecule has 2 saturated heterocycles. The van der Waals surface area contributed by atoms with Crippen LogP contribution in [0, 0.1) is 56.7 Å². The fourth-order valence-electron chi connectivity index (χ4n) is 13.9. The Balaban J connectivity index is 0.995. The van der Waals surface area contributed by atoms with Gasteiger partial charge in [0.15, 0.2) is 6.29 Å². The summed E-state index contributed by atoms with van der Waals surface area (Å²) in [5, 5.41) is 21.7. The normalized spacial score (nSPS) is 52.0. The van der Waals surface area contributed by atoms with Gasteiger partial charge in [0.05, 0.1) is 37.6 Å². The van der Waals surface area contributed by atoms with Crippen LogP contribution in [0.1, 0.15) is 118 Å². The Bertz CT molecular complexity index is 1250. The zero-order valence-electron chi connectivity index (χ0n) is 29.0. The fourth-order valence-corrected chi connectivity index (χ4v) is 13.9. The highest BCUT2D eigenvalue weighted by Crippen LogP contribution is 2.89. The van der Waals surface area contributed by atoms with Gasteiger partial charge in [-0.05, 0) is 122 Å². The van der Waals surface area contributed by atoms with Crippen LogP contribution in [-0.2, 0) is 23.8 Å². The van der Waals surface area contributed by atoms with Crippen LogP contribution < -0.4 is 0 Å². The number of carboxylic acid groups (broad SMARTS) is 1. The Morgan fingerprint density at radius 2 is 1.72 bits per heavy atom. The molecule has 2 spiro atoms. The Morgan fingerprint density at radius 1 is 0.978 bits per heavy atom. The summed E-state index contributed by atoms with van der Waals surface area (Å²) in [5.74, 6) is 1.86. The molecule has 2 aliphatic heterocycles. The largest absolute Gasteiger partial charge is 0.481 e. The van der Waals surface area contributed by atoms with E-state index in [1.165, 1.54) is 38.5 Å². The second-order valence-electron chi connectivity index (χ2n) is 18.5. The molecule has 8 aliphatic rings. The Hall–Kier alpha value is -1.22. The average Bonchev–Trinajstić information content (AvgIpc) is 3.93. The monoisotopic (exact) mass is 641 g/mol. The minimum absolute atomic E-state index is 0.00923. The van der Waals surface area contributed by atoms with Crippen LogP contribution in [0.2, 0.25) is 0 Å². The van der Waals surface area contributed by atoms with E-state index in [0.29, 0.717) is 67.5 Å². The van der Waals surface area contributed by atoms with Crippen LogP contribution in [0.15, 0.2) is 0 Å². The second kappa shape index (κ2) is 10.6. The zero-order valence-corrected chi connectivity index (χ0v) is 29.0. The topological polar surface area (TPSA) is 106 Å². The summed E-state index contributed by atoms with van der Waals surface area (Å²) >= 11 is 0. The van der Waals surface area contributed by atoms with Crippen molar-refractivity contribution >= 4 is 11.9 Å². The maximum atomic E-state index is 12.9. The van der Waals surface area contributed by atoms with Crippen molar-refractivity contribution in [3.8, 4) is 0 Å². The molecular formula is C38H59NO7. The summed E-state index contributed by atoms with van der Waals surface area (Å²) in [6.07, 6.45) is 11.8. The number of aliphatic hydroxyl groups is 1. The van der Waals surface area contributed by atoms with Gasteiger partial charge in [0.25, 0.3) is 0 Å². The summed E-state index contributed by atoms with van der Waals surface area (Å²) in [5.41, 5.74) is 0.398. The highest BCUT2D eigenvalue weighted by molar-refractivity contribution is 5.76. The van der Waals surface area contributed by atoms with Crippen molar-refractivity contribution in [2.45, 2.75) is 149 Å². The van der Waals surface area contributed by atoms with Gasteiger partial charge in [-0.15, -0.1) is 0 Å². The van der Waals surface area contributed by atoms with E-state index in [2.05, 4.69) is 34.6 Å². The number of aliphatic carboxylic acids is 1. The van der Waals surface area contributed by atoms with Gasteiger partial charge >= 0.3 is 5.97 Å². The van der Waals surface area contributed by atoms with E-state index < -0.39 is 12.1 Å². The van der Waals surface area contributed by atoms with Crippen molar-refractivity contribution in [2.75, 3.05) is 19.7 Å². The van der Waals surface area contributed by atoms with Crippen LogP contribution in [0.5, 0.6) is 0 Å². The molecule has 46 heavy (non-hydrogen) atoms. The molecule has 13 atom stereocenters. The summed E-state index contributed by atoms with van der Waals surface area (Å²) < 4.78 is 19.6. The van der Waals surface area contributed by atoms with Gasteiger partial charge in [-0.3, -0.25) is 9.59 Å². The number of nitrogens with zero attached hydrogens (tertiary/aromatic N) is 1. The Labute approximate surface area is 275 Å². The molecule has 6 saturated carbocycles. The third-order valence-electron chi connectivity index (χ3n) is 16.4. The number of morpholine rings is 1. The van der Waals surface area contributed by atoms with Gasteiger partial charge in [0.1, 0.15) is 0 Å². The van der Waals surface area contributed by atoms with E-state index in [9.17, 15) is 19.8 Å². The molecule has 8 fully saturated rings. The number of carbonyl (C=O) groups is 2. The molecule has 0 aromatic rings. The molecular weight excluding hydrogens is 582 g/mol. The summed E-state index contributed by atoms with van der Waals surface area (Å²) in [6.45, 7) is 13.9. The van der Waals surface area contributed by atoms with Crippen LogP contribution >= 0.6 is 0 Å². The quantitative estimate of drug-likeness (QED) is 0.350. The van der Waals surface area contributed by atoms with Gasteiger partial charge in [-0.25, -0.2) is 0 Å². The first kappa shape index (κ1) is 32.0. The molecule has 6 aliphatic carbocycles. The van der Waals surface area contributed by atoms with Crippen LogP contribution in [0.4, 0.5) is 0 Å². The lowest BCUT2D eigenvalue weighted by Gasteiger charge is -2.64. The van der Waals surface area contributed by atoms with E-state index >= 15 is 0 Å². The molecule has 3 unspecified atom stereocenters. The molecule has 8 nitrogen and oxygen atoms in total. The average molecular weight is 642 g/mol. The third-order valence-corrected chi connectivity index (χ3v) is 16.4. The first-order valence-corrected chi connectivity index (χ1v) is 18.9. The van der Waals surface area contributed by atoms with Crippen LogP contribution in [0.3, 0.4) is 0 Å². The lowest BCUT2D eigenvalue weighted by atomic mass is 9.41. The van der Waals surface area contributed by atoms with Gasteiger partial charge in [-0.1, -0.05) is 34.6 Å². The van der Waals surface area contributed by atoms with Gasteiger partial charge in [0, 0.05) is 24.8 Å². The third kappa shape index (κ3) is 4.37. The highest BCUT2D eigenvalue weighted by atomic mass is 16.7. The first-order chi connectivity index (χ1) is 21.8. The number of hydrogen-bond donors (Lipinski definition) is 2. The van der Waals surface area contributed by atoms with Crippen molar-refractivity contribution in [3.05, 3.63) is 0 Å². The summed E-state index contributed by atoms with van der Waals surface area (Å²) in [6, 6.07) is 0. The van der Waals surface area contributed by atoms with E-state index in [-0.39, 0.29) is 58.6 Å². The van der Waals surface area contributed by atoms with E-state index in [1.54, 1.807) is 0 Å². The minimum Gasteiger partial charge on any atom is -0.481 e. The maximum absolute atomic E-state index is 12.9. The Morgan fingerprint density at radius 3 is 2.46 bits per heavy atom. The molecule has 0 radical (unpaired) electrons. The second-order valence-corrected chi connectivity index (χ2v) is 18.5. The van der Waals surface area contributed by atoms with E-state index in [4.69, 9.17) is 14.2 Å². The summed E-state index contributed by atoms with van der Waals surface area (Å²) in [4.78, 5) is 26.2. The van der Waals surface area contributed by atoms with Crippen LogP contribution in [0.25, 0.3) is 0 Å². The van der Waals surface area contributed by atoms with E-state index in [0.717, 1.165) is 25.7 Å². The molecule has 1 amide bonds. The van der Waals surface area contributed by atoms with Gasteiger partial charge in [-0.2, -0.15) is 0 Å². The molecule has 0 aromatic heterocycles. The zero-order chi connectivity index (χ0) is 32.4. The number of aliphatic hydroxyl groups excluding tert-OH is 1. The highest BCUT2D eigenvalue weighted by Gasteiger charge is 2.84. The van der Waals surface area contributed by atoms with Crippen LogP contribution in [-0.4, -0.2) is 77.4 Å². The lowest BCUT2D eigenvalue weighted by molar-refractivity contribution is -0.248. The van der Waals surface area contributed by atoms with Crippen molar-refractivity contribution < 1.29 is 34.0 Å². The molecule has 0 aromatic carbocycles. The molecule has 0 bridgehead atoms. The van der Waals surface area contributed by atoms with Crippen molar-refractivity contribution in [1.29, 1.82) is 0 Å². The number of fused-ring (bicyclic) bond motifs is 4. The molecule has 2 heterocycles. The predicted molar refractivity (Wildman–Crippen MR) is 172 cm³/mol. The molecule has 258 valence electrons. The number of carbonyl (C=O) groups excluding carboxylic acids is 1. The fraction of sp³-hybridized carbons (Fsp3) is 0.947. The van der Waals surface area contributed by atoms with Crippen molar-refractivity contribution in [3.63, 3.8) is 0 Å². The molecule has 8 heteroatoms. The SMILES string of the molecule is C[C@@H]1CC(CCC(=O)O)OC2[C@H]1[C@@]1(C)CC[C@@]34C[C@@]35CC[C@H](O[C@H]3CN(C(=O)CC6CC6)CCO3)C(C)(C)[C@@H]5CCC4[C@]1(C)[C@H]2O. The number of amides is 1. The van der Waals surface area contributed by atoms with Gasteiger partial charge in [0.2, 0.25) is 5.91 Å².